The standard InChI is InChI=1S/C13H13Br3N2O/c1-7-13(16)11(18(2)17-7)6-12(19)8-3-9(14)5-10(15)4-8/h3-5,12,19H,6H2,1-2H3. The number of aryl methyl sites for hydroxylation is 2. The average molecular weight is 453 g/mol. The van der Waals surface area contributed by atoms with Crippen molar-refractivity contribution in [2.75, 3.05) is 0 Å². The molecule has 0 aliphatic rings. The van der Waals surface area contributed by atoms with Crippen molar-refractivity contribution in [2.45, 2.75) is 19.4 Å². The van der Waals surface area contributed by atoms with E-state index in [9.17, 15) is 5.11 Å². The van der Waals surface area contributed by atoms with Crippen molar-refractivity contribution in [3.63, 3.8) is 0 Å². The Balaban J connectivity index is 2.27. The van der Waals surface area contributed by atoms with Gasteiger partial charge >= 0.3 is 0 Å². The average Bonchev–Trinajstić information content (AvgIpc) is 2.54. The summed E-state index contributed by atoms with van der Waals surface area (Å²) < 4.78 is 4.64. The first kappa shape index (κ1) is 15.2. The van der Waals surface area contributed by atoms with Crippen molar-refractivity contribution in [3.05, 3.63) is 48.6 Å². The Hall–Kier alpha value is -0.170. The smallest absolute Gasteiger partial charge is 0.0846 e. The van der Waals surface area contributed by atoms with Crippen molar-refractivity contribution < 1.29 is 5.11 Å². The number of hydrogen-bond donors (Lipinski definition) is 1. The molecule has 0 saturated carbocycles. The van der Waals surface area contributed by atoms with Crippen LogP contribution in [-0.4, -0.2) is 14.9 Å². The molecule has 102 valence electrons. The van der Waals surface area contributed by atoms with Gasteiger partial charge in [-0.2, -0.15) is 5.10 Å². The van der Waals surface area contributed by atoms with Gasteiger partial charge in [-0.15, -0.1) is 0 Å². The lowest BCUT2D eigenvalue weighted by Gasteiger charge is -2.13. The molecule has 0 saturated heterocycles. The van der Waals surface area contributed by atoms with Crippen LogP contribution in [0.1, 0.15) is 23.1 Å². The molecule has 1 heterocycles. The third-order valence-corrected chi connectivity index (χ3v) is 4.87. The van der Waals surface area contributed by atoms with Crippen LogP contribution >= 0.6 is 47.8 Å². The van der Waals surface area contributed by atoms with Crippen LogP contribution in [0, 0.1) is 6.92 Å². The summed E-state index contributed by atoms with van der Waals surface area (Å²) in [5.41, 5.74) is 2.79. The summed E-state index contributed by atoms with van der Waals surface area (Å²) in [6.07, 6.45) is -0.0548. The van der Waals surface area contributed by atoms with Crippen LogP contribution in [0.4, 0.5) is 0 Å². The number of benzene rings is 1. The van der Waals surface area contributed by atoms with E-state index in [1.165, 1.54) is 0 Å². The van der Waals surface area contributed by atoms with Gasteiger partial charge < -0.3 is 5.11 Å². The highest BCUT2D eigenvalue weighted by molar-refractivity contribution is 9.11. The summed E-state index contributed by atoms with van der Waals surface area (Å²) in [7, 11) is 1.89. The van der Waals surface area contributed by atoms with E-state index < -0.39 is 6.10 Å². The molecule has 0 spiro atoms. The second kappa shape index (κ2) is 6.08. The van der Waals surface area contributed by atoms with Crippen molar-refractivity contribution in [1.29, 1.82) is 0 Å². The Labute approximate surface area is 137 Å². The van der Waals surface area contributed by atoms with E-state index in [0.29, 0.717) is 6.42 Å². The zero-order chi connectivity index (χ0) is 14.2. The van der Waals surface area contributed by atoms with Gasteiger partial charge in [-0.05, 0) is 46.6 Å². The molecule has 0 aliphatic carbocycles. The van der Waals surface area contributed by atoms with Crippen LogP contribution in [0.25, 0.3) is 0 Å². The first-order chi connectivity index (χ1) is 8.88. The van der Waals surface area contributed by atoms with Crippen LogP contribution in [0.5, 0.6) is 0 Å². The van der Waals surface area contributed by atoms with Crippen molar-refractivity contribution >= 4 is 47.8 Å². The fourth-order valence-corrected chi connectivity index (χ4v) is 3.80. The summed E-state index contributed by atoms with van der Waals surface area (Å²) in [5.74, 6) is 0. The molecule has 2 rings (SSSR count). The number of hydrogen-bond acceptors (Lipinski definition) is 2. The summed E-state index contributed by atoms with van der Waals surface area (Å²) in [6.45, 7) is 1.94. The van der Waals surface area contributed by atoms with Gasteiger partial charge in [0.05, 0.1) is 22.0 Å². The third-order valence-electron chi connectivity index (χ3n) is 2.92. The maximum Gasteiger partial charge on any atom is 0.0846 e. The fraction of sp³-hybridized carbons (Fsp3) is 0.308. The van der Waals surface area contributed by atoms with E-state index in [1.54, 1.807) is 4.68 Å². The number of aromatic nitrogens is 2. The Bertz CT molecular complexity index is 590. The first-order valence-electron chi connectivity index (χ1n) is 5.70. The monoisotopic (exact) mass is 450 g/mol. The highest BCUT2D eigenvalue weighted by atomic mass is 79.9. The molecule has 1 unspecified atom stereocenters. The highest BCUT2D eigenvalue weighted by Crippen LogP contribution is 2.29. The minimum absolute atomic E-state index is 0.515. The summed E-state index contributed by atoms with van der Waals surface area (Å²) in [6, 6.07) is 5.79. The minimum Gasteiger partial charge on any atom is -0.388 e. The maximum absolute atomic E-state index is 10.4. The summed E-state index contributed by atoms with van der Waals surface area (Å²) >= 11 is 10.4. The lowest BCUT2D eigenvalue weighted by Crippen LogP contribution is -2.07. The molecule has 0 amide bonds. The van der Waals surface area contributed by atoms with Gasteiger partial charge in [-0.3, -0.25) is 4.68 Å². The molecular weight excluding hydrogens is 440 g/mol. The molecule has 3 nitrogen and oxygen atoms in total. The molecule has 1 N–H and O–H groups in total. The zero-order valence-electron chi connectivity index (χ0n) is 10.5. The number of aliphatic hydroxyl groups excluding tert-OH is 1. The second-order valence-corrected chi connectivity index (χ2v) is 7.02. The SMILES string of the molecule is Cc1nn(C)c(CC(O)c2cc(Br)cc(Br)c2)c1Br. The van der Waals surface area contributed by atoms with E-state index in [1.807, 2.05) is 32.2 Å². The summed E-state index contributed by atoms with van der Waals surface area (Å²) in [4.78, 5) is 0. The molecule has 0 aliphatic heterocycles. The van der Waals surface area contributed by atoms with E-state index >= 15 is 0 Å². The van der Waals surface area contributed by atoms with Gasteiger partial charge in [-0.1, -0.05) is 31.9 Å². The van der Waals surface area contributed by atoms with Gasteiger partial charge in [0.1, 0.15) is 0 Å². The van der Waals surface area contributed by atoms with E-state index in [2.05, 4.69) is 52.9 Å². The van der Waals surface area contributed by atoms with Gasteiger partial charge in [-0.25, -0.2) is 0 Å². The Morgan fingerprint density at radius 2 is 1.79 bits per heavy atom. The van der Waals surface area contributed by atoms with Crippen LogP contribution in [0.3, 0.4) is 0 Å². The molecule has 1 atom stereocenters. The quantitative estimate of drug-likeness (QED) is 0.754. The lowest BCUT2D eigenvalue weighted by molar-refractivity contribution is 0.175. The van der Waals surface area contributed by atoms with Crippen molar-refractivity contribution in [1.82, 2.24) is 9.78 Å². The van der Waals surface area contributed by atoms with Gasteiger partial charge in [0.2, 0.25) is 0 Å². The van der Waals surface area contributed by atoms with E-state index in [-0.39, 0.29) is 0 Å². The molecule has 0 bridgehead atoms. The number of aliphatic hydroxyl groups is 1. The molecule has 19 heavy (non-hydrogen) atoms. The largest absolute Gasteiger partial charge is 0.388 e. The molecule has 2 aromatic rings. The molecule has 0 radical (unpaired) electrons. The van der Waals surface area contributed by atoms with E-state index in [4.69, 9.17) is 0 Å². The maximum atomic E-state index is 10.4. The zero-order valence-corrected chi connectivity index (χ0v) is 15.3. The fourth-order valence-electron chi connectivity index (χ4n) is 1.97. The predicted molar refractivity (Wildman–Crippen MR) is 86.2 cm³/mol. The molecule has 6 heteroatoms. The Kier molecular flexibility index (Phi) is 4.87. The van der Waals surface area contributed by atoms with Crippen molar-refractivity contribution in [3.8, 4) is 0 Å². The van der Waals surface area contributed by atoms with Gasteiger partial charge in [0, 0.05) is 22.4 Å². The normalized spacial score (nSPS) is 12.7. The number of rotatable bonds is 3. The van der Waals surface area contributed by atoms with Crippen LogP contribution in [0.15, 0.2) is 31.6 Å². The highest BCUT2D eigenvalue weighted by Gasteiger charge is 2.17. The van der Waals surface area contributed by atoms with Crippen LogP contribution in [-0.2, 0) is 13.5 Å². The number of halogens is 3. The Morgan fingerprint density at radius 1 is 1.21 bits per heavy atom. The van der Waals surface area contributed by atoms with Crippen LogP contribution in [0.2, 0.25) is 0 Å². The predicted octanol–water partition coefficient (Wildman–Crippen LogP) is 4.29. The lowest BCUT2D eigenvalue weighted by atomic mass is 10.0. The molecule has 0 fully saturated rings. The van der Waals surface area contributed by atoms with E-state index in [0.717, 1.165) is 30.4 Å². The second-order valence-electron chi connectivity index (χ2n) is 4.39. The first-order valence-corrected chi connectivity index (χ1v) is 8.08. The van der Waals surface area contributed by atoms with Gasteiger partial charge in [0.15, 0.2) is 0 Å². The molecule has 1 aromatic heterocycles. The molecule has 1 aromatic carbocycles. The Morgan fingerprint density at radius 3 is 2.26 bits per heavy atom. The van der Waals surface area contributed by atoms with Crippen LogP contribution < -0.4 is 0 Å². The third kappa shape index (κ3) is 3.48. The number of nitrogens with zero attached hydrogens (tertiary/aromatic N) is 2. The van der Waals surface area contributed by atoms with Crippen molar-refractivity contribution in [2.24, 2.45) is 7.05 Å². The minimum atomic E-state index is -0.570. The van der Waals surface area contributed by atoms with Gasteiger partial charge in [0.25, 0.3) is 0 Å². The molecular formula is C13H13Br3N2O. The topological polar surface area (TPSA) is 38.0 Å². The summed E-state index contributed by atoms with van der Waals surface area (Å²) in [5, 5.41) is 14.7.